The fourth-order valence-electron chi connectivity index (χ4n) is 0.933. The van der Waals surface area contributed by atoms with Crippen molar-refractivity contribution in [1.29, 1.82) is 0 Å². The average Bonchev–Trinajstić information content (AvgIpc) is 1.87. The summed E-state index contributed by atoms with van der Waals surface area (Å²) in [6.45, 7) is 5.83. The van der Waals surface area contributed by atoms with Gasteiger partial charge in [-0.05, 0) is 32.6 Å². The zero-order valence-electron chi connectivity index (χ0n) is 7.21. The first kappa shape index (κ1) is 10.7. The molecule has 0 aromatic heterocycles. The Morgan fingerprint density at radius 2 is 2.09 bits per heavy atom. The Hall–Kier alpha value is -0.340. The molecule has 2 N–H and O–H groups in total. The highest BCUT2D eigenvalue weighted by Gasteiger charge is 2.01. The smallest absolute Gasteiger partial charge is 0.0562 e. The molecular weight excluding hydrogens is 140 g/mol. The maximum atomic E-state index is 9.17. The van der Waals surface area contributed by atoms with E-state index in [1.165, 1.54) is 0 Å². The molecule has 0 aromatic carbocycles. The maximum Gasteiger partial charge on any atom is 0.0562 e. The largest absolute Gasteiger partial charge is 0.396 e. The number of aliphatic hydroxyl groups excluding tert-OH is 2. The molecule has 0 bridgehead atoms. The molecular formula is C9H18O2. The zero-order chi connectivity index (χ0) is 8.69. The first-order valence-electron chi connectivity index (χ1n) is 4.10. The van der Waals surface area contributed by atoms with Crippen LogP contribution in [-0.2, 0) is 0 Å². The fraction of sp³-hybridized carbons (Fsp3) is 0.778. The highest BCUT2D eigenvalue weighted by Crippen LogP contribution is 2.07. The van der Waals surface area contributed by atoms with Gasteiger partial charge in [0.15, 0.2) is 0 Å². The van der Waals surface area contributed by atoms with Gasteiger partial charge in [-0.3, -0.25) is 0 Å². The number of allylic oxidation sites excluding steroid dienone is 1. The van der Waals surface area contributed by atoms with Gasteiger partial charge in [0.2, 0.25) is 0 Å². The molecule has 0 aliphatic carbocycles. The third-order valence-corrected chi connectivity index (χ3v) is 1.60. The Morgan fingerprint density at radius 1 is 1.45 bits per heavy atom. The molecule has 11 heavy (non-hydrogen) atoms. The molecule has 0 saturated heterocycles. The third-order valence-electron chi connectivity index (χ3n) is 1.60. The molecule has 0 fully saturated rings. The maximum absolute atomic E-state index is 9.17. The molecule has 2 heteroatoms. The van der Waals surface area contributed by atoms with E-state index in [0.29, 0.717) is 6.42 Å². The van der Waals surface area contributed by atoms with Gasteiger partial charge in [0.25, 0.3) is 0 Å². The summed E-state index contributed by atoms with van der Waals surface area (Å²) in [6.07, 6.45) is 2.88. The first-order chi connectivity index (χ1) is 5.16. The van der Waals surface area contributed by atoms with E-state index in [-0.39, 0.29) is 12.7 Å². The predicted molar refractivity (Wildman–Crippen MR) is 46.4 cm³/mol. The first-order valence-corrected chi connectivity index (χ1v) is 4.10. The quantitative estimate of drug-likeness (QED) is 0.575. The average molecular weight is 158 g/mol. The van der Waals surface area contributed by atoms with Gasteiger partial charge >= 0.3 is 0 Å². The number of hydrogen-bond acceptors (Lipinski definition) is 2. The molecule has 0 radical (unpaired) electrons. The molecule has 0 aliphatic heterocycles. The summed E-state index contributed by atoms with van der Waals surface area (Å²) in [7, 11) is 0. The summed E-state index contributed by atoms with van der Waals surface area (Å²) in [5, 5.41) is 17.6. The normalized spacial score (nSPS) is 13.0. The topological polar surface area (TPSA) is 40.5 Å². The van der Waals surface area contributed by atoms with Gasteiger partial charge in [-0.2, -0.15) is 0 Å². The molecule has 1 unspecified atom stereocenters. The van der Waals surface area contributed by atoms with Gasteiger partial charge in [-0.25, -0.2) is 0 Å². The molecule has 0 aromatic rings. The molecule has 1 atom stereocenters. The summed E-state index contributed by atoms with van der Waals surface area (Å²) in [5.74, 6) is 0. The standard InChI is InChI=1S/C9H18O2/c1-8(2)4-3-5-9(11)6-7-10/h9-11H,1,3-7H2,2H3. The minimum absolute atomic E-state index is 0.0776. The van der Waals surface area contributed by atoms with Gasteiger partial charge in [-0.15, -0.1) is 6.58 Å². The van der Waals surface area contributed by atoms with E-state index in [1.54, 1.807) is 0 Å². The minimum Gasteiger partial charge on any atom is -0.396 e. The highest BCUT2D eigenvalue weighted by atomic mass is 16.3. The van der Waals surface area contributed by atoms with E-state index in [9.17, 15) is 5.11 Å². The van der Waals surface area contributed by atoms with Crippen molar-refractivity contribution in [3.05, 3.63) is 12.2 Å². The van der Waals surface area contributed by atoms with Crippen LogP contribution in [-0.4, -0.2) is 22.9 Å². The summed E-state index contributed by atoms with van der Waals surface area (Å²) in [4.78, 5) is 0. The van der Waals surface area contributed by atoms with E-state index in [4.69, 9.17) is 5.11 Å². The Bertz CT molecular complexity index is 110. The van der Waals surface area contributed by atoms with Crippen molar-refractivity contribution in [2.45, 2.75) is 38.7 Å². The second-order valence-corrected chi connectivity index (χ2v) is 3.02. The van der Waals surface area contributed by atoms with Crippen molar-refractivity contribution >= 4 is 0 Å². The van der Waals surface area contributed by atoms with Crippen LogP contribution in [0.4, 0.5) is 0 Å². The van der Waals surface area contributed by atoms with Crippen molar-refractivity contribution in [2.75, 3.05) is 6.61 Å². The van der Waals surface area contributed by atoms with E-state index in [1.807, 2.05) is 6.92 Å². The number of aliphatic hydroxyl groups is 2. The lowest BCUT2D eigenvalue weighted by Gasteiger charge is -2.07. The monoisotopic (exact) mass is 158 g/mol. The van der Waals surface area contributed by atoms with Crippen molar-refractivity contribution in [1.82, 2.24) is 0 Å². The number of rotatable bonds is 6. The minimum atomic E-state index is -0.334. The van der Waals surface area contributed by atoms with Crippen LogP contribution in [0.25, 0.3) is 0 Å². The Balaban J connectivity index is 3.16. The lowest BCUT2D eigenvalue weighted by atomic mass is 10.1. The molecule has 0 aliphatic rings. The lowest BCUT2D eigenvalue weighted by molar-refractivity contribution is 0.123. The highest BCUT2D eigenvalue weighted by molar-refractivity contribution is 4.87. The van der Waals surface area contributed by atoms with E-state index >= 15 is 0 Å². The van der Waals surface area contributed by atoms with Crippen molar-refractivity contribution < 1.29 is 10.2 Å². The van der Waals surface area contributed by atoms with Crippen LogP contribution >= 0.6 is 0 Å². The van der Waals surface area contributed by atoms with E-state index in [0.717, 1.165) is 24.8 Å². The Kier molecular flexibility index (Phi) is 6.18. The predicted octanol–water partition coefficient (Wildman–Crippen LogP) is 1.48. The Morgan fingerprint density at radius 3 is 2.55 bits per heavy atom. The second-order valence-electron chi connectivity index (χ2n) is 3.02. The van der Waals surface area contributed by atoms with Gasteiger partial charge in [0.1, 0.15) is 0 Å². The van der Waals surface area contributed by atoms with Crippen molar-refractivity contribution in [3.63, 3.8) is 0 Å². The Labute approximate surface area is 68.6 Å². The van der Waals surface area contributed by atoms with Crippen LogP contribution in [0.15, 0.2) is 12.2 Å². The van der Waals surface area contributed by atoms with Crippen LogP contribution in [0, 0.1) is 0 Å². The van der Waals surface area contributed by atoms with Crippen molar-refractivity contribution in [3.8, 4) is 0 Å². The molecule has 66 valence electrons. The van der Waals surface area contributed by atoms with Crippen LogP contribution in [0.5, 0.6) is 0 Å². The molecule has 0 rings (SSSR count). The van der Waals surface area contributed by atoms with E-state index in [2.05, 4.69) is 6.58 Å². The molecule has 0 heterocycles. The van der Waals surface area contributed by atoms with E-state index < -0.39 is 0 Å². The van der Waals surface area contributed by atoms with Crippen LogP contribution in [0.1, 0.15) is 32.6 Å². The van der Waals surface area contributed by atoms with Crippen LogP contribution in [0.2, 0.25) is 0 Å². The lowest BCUT2D eigenvalue weighted by Crippen LogP contribution is -2.08. The van der Waals surface area contributed by atoms with Gasteiger partial charge < -0.3 is 10.2 Å². The molecule has 0 spiro atoms. The molecule has 2 nitrogen and oxygen atoms in total. The summed E-state index contributed by atoms with van der Waals surface area (Å²) >= 11 is 0. The second kappa shape index (κ2) is 6.38. The number of hydrogen-bond donors (Lipinski definition) is 2. The van der Waals surface area contributed by atoms with Crippen LogP contribution < -0.4 is 0 Å². The molecule has 0 saturated carbocycles. The summed E-state index contributed by atoms with van der Waals surface area (Å²) in [5.41, 5.74) is 1.15. The van der Waals surface area contributed by atoms with Gasteiger partial charge in [-0.1, -0.05) is 5.57 Å². The fourth-order valence-corrected chi connectivity index (χ4v) is 0.933. The van der Waals surface area contributed by atoms with Gasteiger partial charge in [0, 0.05) is 6.61 Å². The van der Waals surface area contributed by atoms with Gasteiger partial charge in [0.05, 0.1) is 6.10 Å². The van der Waals surface area contributed by atoms with Crippen molar-refractivity contribution in [2.24, 2.45) is 0 Å². The summed E-state index contributed by atoms with van der Waals surface area (Å²) < 4.78 is 0. The zero-order valence-corrected chi connectivity index (χ0v) is 7.21. The summed E-state index contributed by atoms with van der Waals surface area (Å²) in [6, 6.07) is 0. The SMILES string of the molecule is C=C(C)CCCC(O)CCO. The van der Waals surface area contributed by atoms with Crippen LogP contribution in [0.3, 0.4) is 0 Å². The third kappa shape index (κ3) is 7.56. The molecule has 0 amide bonds.